The van der Waals surface area contributed by atoms with Crippen molar-refractivity contribution in [1.82, 2.24) is 14.8 Å². The summed E-state index contributed by atoms with van der Waals surface area (Å²) in [5.74, 6) is 0.701. The number of aliphatic imine (C=N–C) groups is 1. The molecule has 0 aliphatic heterocycles. The number of benzene rings is 2. The van der Waals surface area contributed by atoms with Crippen LogP contribution in [-0.4, -0.2) is 21.0 Å². The highest BCUT2D eigenvalue weighted by atomic mass is 15.3. The molecule has 4 nitrogen and oxygen atoms in total. The van der Waals surface area contributed by atoms with Crippen LogP contribution in [0.1, 0.15) is 54.1 Å². The molecule has 0 radical (unpaired) electrons. The van der Waals surface area contributed by atoms with Gasteiger partial charge < -0.3 is 0 Å². The maximum absolute atomic E-state index is 4.89. The Morgan fingerprint density at radius 2 is 1.76 bits per heavy atom. The van der Waals surface area contributed by atoms with Crippen molar-refractivity contribution in [2.75, 3.05) is 0 Å². The molecule has 4 aromatic rings. The number of pyridine rings is 1. The fraction of sp³-hybridized carbons (Fsp3) is 0.242. The first-order valence-corrected chi connectivity index (χ1v) is 13.0. The molecule has 0 amide bonds. The highest BCUT2D eigenvalue weighted by Crippen LogP contribution is 2.32. The maximum Gasteiger partial charge on any atom is 0.161 e. The van der Waals surface area contributed by atoms with Crippen molar-refractivity contribution in [3.63, 3.8) is 0 Å². The molecular formula is C33H36N4. The lowest BCUT2D eigenvalue weighted by atomic mass is 10.00. The average molecular weight is 489 g/mol. The van der Waals surface area contributed by atoms with E-state index in [0.29, 0.717) is 12.4 Å². The van der Waals surface area contributed by atoms with Gasteiger partial charge in [0.1, 0.15) is 0 Å². The van der Waals surface area contributed by atoms with Gasteiger partial charge in [-0.1, -0.05) is 104 Å². The topological polar surface area (TPSA) is 43.1 Å². The minimum absolute atomic E-state index is 0.680. The van der Waals surface area contributed by atoms with Gasteiger partial charge in [-0.25, -0.2) is 14.7 Å². The number of rotatable bonds is 7. The normalized spacial score (nSPS) is 12.6. The van der Waals surface area contributed by atoms with Crippen molar-refractivity contribution in [3.8, 4) is 0 Å². The summed E-state index contributed by atoms with van der Waals surface area (Å²) in [6.45, 7) is 13.4. The zero-order valence-electron chi connectivity index (χ0n) is 22.4. The molecule has 0 fully saturated rings. The summed E-state index contributed by atoms with van der Waals surface area (Å²) < 4.78 is 1.99. The first-order valence-electron chi connectivity index (χ1n) is 13.0. The highest BCUT2D eigenvalue weighted by molar-refractivity contribution is 5.93. The molecule has 37 heavy (non-hydrogen) atoms. The molecule has 0 bridgehead atoms. The summed E-state index contributed by atoms with van der Waals surface area (Å²) in [5, 5.41) is 5.91. The maximum atomic E-state index is 4.89. The molecule has 2 heterocycles. The fourth-order valence-electron chi connectivity index (χ4n) is 4.34. The third-order valence-corrected chi connectivity index (χ3v) is 6.35. The third kappa shape index (κ3) is 6.79. The molecule has 2 aromatic carbocycles. The zero-order chi connectivity index (χ0) is 26.2. The molecule has 4 heteroatoms. The Labute approximate surface area is 220 Å². The van der Waals surface area contributed by atoms with Gasteiger partial charge >= 0.3 is 0 Å². The van der Waals surface area contributed by atoms with Gasteiger partial charge in [0.2, 0.25) is 0 Å². The Balaban J connectivity index is 0.000000396. The van der Waals surface area contributed by atoms with E-state index in [4.69, 9.17) is 10.1 Å². The summed E-state index contributed by atoms with van der Waals surface area (Å²) in [5.41, 5.74) is 9.04. The highest BCUT2D eigenvalue weighted by Gasteiger charge is 2.17. The SMILES string of the molecule is C=C(CCC)c1cc(N=CC2=CC=CC2)nc2c1c(C)nn2Cc1ccc(C)cc1.Cc1ccccc1. The molecular weight excluding hydrogens is 452 g/mol. The number of nitrogens with zero attached hydrogens (tertiary/aromatic N) is 4. The second-order valence-corrected chi connectivity index (χ2v) is 9.60. The van der Waals surface area contributed by atoms with E-state index in [0.717, 1.165) is 47.1 Å². The Bertz CT molecular complexity index is 1450. The van der Waals surface area contributed by atoms with Crippen LogP contribution >= 0.6 is 0 Å². The molecule has 188 valence electrons. The fourth-order valence-corrected chi connectivity index (χ4v) is 4.34. The van der Waals surface area contributed by atoms with E-state index in [1.54, 1.807) is 0 Å². The molecule has 2 aromatic heterocycles. The van der Waals surface area contributed by atoms with E-state index < -0.39 is 0 Å². The summed E-state index contributed by atoms with van der Waals surface area (Å²) in [6.07, 6.45) is 11.1. The van der Waals surface area contributed by atoms with Gasteiger partial charge in [0.25, 0.3) is 0 Å². The summed E-state index contributed by atoms with van der Waals surface area (Å²) in [6, 6.07) is 20.9. The standard InChI is InChI=1S/C26H28N4.C7H8/c1-5-8-19(3)23-15-24(27-16-21-9-6-7-10-21)28-26-25(23)20(4)29-30(26)17-22-13-11-18(2)12-14-22;1-7-5-3-2-4-6-7/h6-7,9,11-16H,3,5,8,10,17H2,1-2,4H3;2-6H,1H3. The van der Waals surface area contributed by atoms with E-state index in [1.165, 1.54) is 22.3 Å². The van der Waals surface area contributed by atoms with Gasteiger partial charge in [-0.2, -0.15) is 5.10 Å². The third-order valence-electron chi connectivity index (χ3n) is 6.35. The number of fused-ring (bicyclic) bond motifs is 1. The molecule has 0 atom stereocenters. The summed E-state index contributed by atoms with van der Waals surface area (Å²) in [4.78, 5) is 9.57. The minimum atomic E-state index is 0.680. The lowest BCUT2D eigenvalue weighted by molar-refractivity contribution is 0.696. The quantitative estimate of drug-likeness (QED) is 0.245. The van der Waals surface area contributed by atoms with E-state index in [2.05, 4.69) is 100.0 Å². The smallest absolute Gasteiger partial charge is 0.161 e. The Morgan fingerprint density at radius 1 is 1.03 bits per heavy atom. The van der Waals surface area contributed by atoms with Crippen LogP contribution in [0.15, 0.2) is 96.0 Å². The van der Waals surface area contributed by atoms with E-state index in [1.807, 2.05) is 29.1 Å². The van der Waals surface area contributed by atoms with Crippen LogP contribution in [0.4, 0.5) is 5.82 Å². The van der Waals surface area contributed by atoms with Crippen molar-refractivity contribution in [3.05, 3.63) is 119 Å². The Morgan fingerprint density at radius 3 is 2.38 bits per heavy atom. The number of aromatic nitrogens is 3. The summed E-state index contributed by atoms with van der Waals surface area (Å²) in [7, 11) is 0. The van der Waals surface area contributed by atoms with Crippen LogP contribution < -0.4 is 0 Å². The van der Waals surface area contributed by atoms with Gasteiger partial charge in [0, 0.05) is 11.6 Å². The van der Waals surface area contributed by atoms with E-state index in [9.17, 15) is 0 Å². The minimum Gasteiger partial charge on any atom is -0.242 e. The van der Waals surface area contributed by atoms with Crippen molar-refractivity contribution < 1.29 is 0 Å². The predicted octanol–water partition coefficient (Wildman–Crippen LogP) is 8.49. The van der Waals surface area contributed by atoms with Crippen LogP contribution in [0.25, 0.3) is 16.6 Å². The van der Waals surface area contributed by atoms with Crippen molar-refractivity contribution >= 4 is 28.6 Å². The van der Waals surface area contributed by atoms with Gasteiger partial charge in [0.15, 0.2) is 11.5 Å². The molecule has 0 spiro atoms. The van der Waals surface area contributed by atoms with Gasteiger partial charge in [-0.3, -0.25) is 0 Å². The van der Waals surface area contributed by atoms with E-state index >= 15 is 0 Å². The lowest BCUT2D eigenvalue weighted by Crippen LogP contribution is -2.03. The van der Waals surface area contributed by atoms with Crippen molar-refractivity contribution in [2.45, 2.75) is 53.5 Å². The first-order chi connectivity index (χ1) is 17.9. The van der Waals surface area contributed by atoms with Gasteiger partial charge in [-0.15, -0.1) is 0 Å². The first kappa shape index (κ1) is 26.0. The van der Waals surface area contributed by atoms with Gasteiger partial charge in [0.05, 0.1) is 12.2 Å². The zero-order valence-corrected chi connectivity index (χ0v) is 22.4. The molecule has 0 saturated carbocycles. The largest absolute Gasteiger partial charge is 0.242 e. The number of aryl methyl sites for hydroxylation is 3. The van der Waals surface area contributed by atoms with Crippen LogP contribution in [-0.2, 0) is 6.54 Å². The second kappa shape index (κ2) is 12.3. The van der Waals surface area contributed by atoms with Crippen LogP contribution in [0, 0.1) is 20.8 Å². The molecule has 0 N–H and O–H groups in total. The number of hydrogen-bond donors (Lipinski definition) is 0. The van der Waals surface area contributed by atoms with Crippen LogP contribution in [0.2, 0.25) is 0 Å². The summed E-state index contributed by atoms with van der Waals surface area (Å²) >= 11 is 0. The molecule has 1 aliphatic carbocycles. The van der Waals surface area contributed by atoms with Crippen molar-refractivity contribution in [1.29, 1.82) is 0 Å². The van der Waals surface area contributed by atoms with Crippen LogP contribution in [0.3, 0.4) is 0 Å². The number of allylic oxidation sites excluding steroid dienone is 5. The van der Waals surface area contributed by atoms with Crippen molar-refractivity contribution in [2.24, 2.45) is 4.99 Å². The molecule has 0 unspecified atom stereocenters. The molecule has 5 rings (SSSR count). The lowest BCUT2D eigenvalue weighted by Gasteiger charge is -2.09. The molecule has 1 aliphatic rings. The Kier molecular flexibility index (Phi) is 8.63. The Hall–Kier alpha value is -4.05. The van der Waals surface area contributed by atoms with Gasteiger partial charge in [-0.05, 0) is 62.0 Å². The number of hydrogen-bond acceptors (Lipinski definition) is 3. The second-order valence-electron chi connectivity index (χ2n) is 9.60. The average Bonchev–Trinajstić information content (AvgIpc) is 3.53. The van der Waals surface area contributed by atoms with Crippen LogP contribution in [0.5, 0.6) is 0 Å². The predicted molar refractivity (Wildman–Crippen MR) is 158 cm³/mol. The molecule has 0 saturated heterocycles. The van der Waals surface area contributed by atoms with E-state index in [-0.39, 0.29) is 0 Å². The monoisotopic (exact) mass is 488 g/mol.